The number of hydrogen-bond acceptors (Lipinski definition) is 3. The Bertz CT molecular complexity index is 1030. The fourth-order valence-corrected chi connectivity index (χ4v) is 2.94. The van der Waals surface area contributed by atoms with Crippen molar-refractivity contribution < 1.29 is 9.52 Å². The molecule has 122 valence electrons. The number of benzene rings is 2. The molecule has 0 bridgehead atoms. The van der Waals surface area contributed by atoms with Crippen molar-refractivity contribution >= 4 is 11.6 Å². The topological polar surface area (TPSA) is 46.3 Å². The molecule has 2 aromatic heterocycles. The van der Waals surface area contributed by atoms with Gasteiger partial charge < -0.3 is 9.52 Å². The van der Waals surface area contributed by atoms with E-state index in [0.29, 0.717) is 16.3 Å². The molecule has 0 aliphatic carbocycles. The first-order chi connectivity index (χ1) is 12.2. The minimum Gasteiger partial charge on any atom is -0.507 e. The SMILES string of the molecule is Oc1ccccc1-c1cc(-c2ccoc2)cc(-c2cccc(Cl)c2)n1. The van der Waals surface area contributed by atoms with Gasteiger partial charge in [-0.2, -0.15) is 0 Å². The van der Waals surface area contributed by atoms with E-state index in [1.165, 1.54) is 0 Å². The highest BCUT2D eigenvalue weighted by Crippen LogP contribution is 2.34. The van der Waals surface area contributed by atoms with Crippen molar-refractivity contribution in [3.8, 4) is 39.4 Å². The van der Waals surface area contributed by atoms with Gasteiger partial charge in [0.1, 0.15) is 5.75 Å². The Hall–Kier alpha value is -3.04. The average Bonchev–Trinajstić information content (AvgIpc) is 3.16. The van der Waals surface area contributed by atoms with E-state index in [4.69, 9.17) is 21.0 Å². The monoisotopic (exact) mass is 347 g/mol. The minimum atomic E-state index is 0.191. The number of hydrogen-bond donors (Lipinski definition) is 1. The second-order valence-corrected chi connectivity index (χ2v) is 6.10. The molecule has 0 spiro atoms. The lowest BCUT2D eigenvalue weighted by molar-refractivity contribution is 0.477. The third-order valence-corrected chi connectivity index (χ3v) is 4.22. The summed E-state index contributed by atoms with van der Waals surface area (Å²) in [5, 5.41) is 10.9. The molecule has 3 nitrogen and oxygen atoms in total. The number of nitrogens with zero attached hydrogens (tertiary/aromatic N) is 1. The fraction of sp³-hybridized carbons (Fsp3) is 0. The van der Waals surface area contributed by atoms with Crippen molar-refractivity contribution in [2.24, 2.45) is 0 Å². The largest absolute Gasteiger partial charge is 0.507 e. The molecule has 0 radical (unpaired) electrons. The molecule has 0 aliphatic heterocycles. The van der Waals surface area contributed by atoms with Crippen LogP contribution in [0.3, 0.4) is 0 Å². The number of pyridine rings is 1. The van der Waals surface area contributed by atoms with Gasteiger partial charge in [0.2, 0.25) is 0 Å². The Kier molecular flexibility index (Phi) is 4.00. The predicted octanol–water partition coefficient (Wildman–Crippen LogP) is 6.03. The lowest BCUT2D eigenvalue weighted by Gasteiger charge is -2.10. The molecule has 0 atom stereocenters. The molecular formula is C21H14ClNO2. The van der Waals surface area contributed by atoms with Crippen LogP contribution >= 0.6 is 11.6 Å². The van der Waals surface area contributed by atoms with Gasteiger partial charge in [0, 0.05) is 21.7 Å². The number of para-hydroxylation sites is 1. The maximum atomic E-state index is 10.2. The predicted molar refractivity (Wildman–Crippen MR) is 99.5 cm³/mol. The maximum Gasteiger partial charge on any atom is 0.124 e. The molecule has 0 amide bonds. The van der Waals surface area contributed by atoms with Gasteiger partial charge in [-0.15, -0.1) is 0 Å². The summed E-state index contributed by atoms with van der Waals surface area (Å²) in [7, 11) is 0. The lowest BCUT2D eigenvalue weighted by atomic mass is 10.0. The van der Waals surface area contributed by atoms with Crippen molar-refractivity contribution in [2.75, 3.05) is 0 Å². The van der Waals surface area contributed by atoms with Crippen LogP contribution in [-0.2, 0) is 0 Å². The molecule has 2 heterocycles. The second-order valence-electron chi connectivity index (χ2n) is 5.67. The van der Waals surface area contributed by atoms with E-state index < -0.39 is 0 Å². The van der Waals surface area contributed by atoms with Gasteiger partial charge in [-0.3, -0.25) is 0 Å². The third-order valence-electron chi connectivity index (χ3n) is 3.98. The summed E-state index contributed by atoms with van der Waals surface area (Å²) in [6.07, 6.45) is 3.32. The fourth-order valence-electron chi connectivity index (χ4n) is 2.75. The molecule has 25 heavy (non-hydrogen) atoms. The highest BCUT2D eigenvalue weighted by molar-refractivity contribution is 6.30. The van der Waals surface area contributed by atoms with Gasteiger partial charge in [0.05, 0.1) is 23.9 Å². The highest BCUT2D eigenvalue weighted by Gasteiger charge is 2.12. The zero-order chi connectivity index (χ0) is 17.2. The smallest absolute Gasteiger partial charge is 0.124 e. The summed E-state index contributed by atoms with van der Waals surface area (Å²) in [4.78, 5) is 4.74. The van der Waals surface area contributed by atoms with Crippen molar-refractivity contribution in [1.29, 1.82) is 0 Å². The Labute approximate surface area is 150 Å². The molecule has 0 unspecified atom stereocenters. The van der Waals surface area contributed by atoms with Crippen LogP contribution in [0.25, 0.3) is 33.6 Å². The van der Waals surface area contributed by atoms with Crippen molar-refractivity contribution in [2.45, 2.75) is 0 Å². The summed E-state index contributed by atoms with van der Waals surface area (Å²) in [6, 6.07) is 20.5. The lowest BCUT2D eigenvalue weighted by Crippen LogP contribution is -1.91. The second kappa shape index (κ2) is 6.46. The molecule has 0 saturated carbocycles. The van der Waals surface area contributed by atoms with E-state index in [2.05, 4.69) is 0 Å². The van der Waals surface area contributed by atoms with Crippen LogP contribution in [0.2, 0.25) is 5.02 Å². The first-order valence-corrected chi connectivity index (χ1v) is 8.17. The summed E-state index contributed by atoms with van der Waals surface area (Å²) >= 11 is 6.13. The Morgan fingerprint density at radius 2 is 1.64 bits per heavy atom. The molecular weight excluding hydrogens is 334 g/mol. The number of halogens is 1. The van der Waals surface area contributed by atoms with E-state index in [1.807, 2.05) is 54.6 Å². The maximum absolute atomic E-state index is 10.2. The zero-order valence-electron chi connectivity index (χ0n) is 13.2. The Morgan fingerprint density at radius 3 is 2.40 bits per heavy atom. The first-order valence-electron chi connectivity index (χ1n) is 7.80. The van der Waals surface area contributed by atoms with Crippen LogP contribution in [0.1, 0.15) is 0 Å². The first kappa shape index (κ1) is 15.5. The average molecular weight is 348 g/mol. The minimum absolute atomic E-state index is 0.191. The van der Waals surface area contributed by atoms with Crippen LogP contribution in [0.15, 0.2) is 83.7 Å². The summed E-state index contributed by atoms with van der Waals surface area (Å²) in [5.74, 6) is 0.191. The summed E-state index contributed by atoms with van der Waals surface area (Å²) in [6.45, 7) is 0. The van der Waals surface area contributed by atoms with Crippen LogP contribution in [0.5, 0.6) is 5.75 Å². The highest BCUT2D eigenvalue weighted by atomic mass is 35.5. The molecule has 4 heteroatoms. The normalized spacial score (nSPS) is 10.8. The van der Waals surface area contributed by atoms with Gasteiger partial charge in [0.25, 0.3) is 0 Å². The number of phenolic OH excluding ortho intramolecular Hbond substituents is 1. The molecule has 4 aromatic rings. The standard InChI is InChI=1S/C21H14ClNO2/c22-17-5-3-4-14(10-17)19-11-16(15-8-9-25-13-15)12-20(23-19)18-6-1-2-7-21(18)24/h1-13,24H. The Morgan fingerprint density at radius 1 is 0.800 bits per heavy atom. The molecule has 4 rings (SSSR count). The number of furan rings is 1. The van der Waals surface area contributed by atoms with Crippen LogP contribution in [0.4, 0.5) is 0 Å². The van der Waals surface area contributed by atoms with E-state index >= 15 is 0 Å². The van der Waals surface area contributed by atoms with Crippen LogP contribution in [-0.4, -0.2) is 10.1 Å². The number of rotatable bonds is 3. The molecule has 2 aromatic carbocycles. The molecule has 0 aliphatic rings. The van der Waals surface area contributed by atoms with Gasteiger partial charge in [-0.1, -0.05) is 35.9 Å². The van der Waals surface area contributed by atoms with E-state index in [0.717, 1.165) is 22.4 Å². The molecule has 1 N–H and O–H groups in total. The van der Waals surface area contributed by atoms with Gasteiger partial charge in [-0.25, -0.2) is 4.98 Å². The van der Waals surface area contributed by atoms with Crippen LogP contribution < -0.4 is 0 Å². The van der Waals surface area contributed by atoms with E-state index in [1.54, 1.807) is 24.7 Å². The van der Waals surface area contributed by atoms with Crippen molar-refractivity contribution in [1.82, 2.24) is 4.98 Å². The number of aromatic nitrogens is 1. The number of aromatic hydroxyl groups is 1. The summed E-state index contributed by atoms with van der Waals surface area (Å²) in [5.41, 5.74) is 4.95. The Balaban J connectivity index is 1.94. The van der Waals surface area contributed by atoms with Crippen molar-refractivity contribution in [3.05, 3.63) is 84.3 Å². The zero-order valence-corrected chi connectivity index (χ0v) is 13.9. The van der Waals surface area contributed by atoms with E-state index in [9.17, 15) is 5.11 Å². The van der Waals surface area contributed by atoms with Crippen molar-refractivity contribution in [3.63, 3.8) is 0 Å². The van der Waals surface area contributed by atoms with Crippen LogP contribution in [0, 0.1) is 0 Å². The summed E-state index contributed by atoms with van der Waals surface area (Å²) < 4.78 is 5.21. The number of phenols is 1. The van der Waals surface area contributed by atoms with Gasteiger partial charge in [0.15, 0.2) is 0 Å². The molecule has 0 saturated heterocycles. The quantitative estimate of drug-likeness (QED) is 0.491. The van der Waals surface area contributed by atoms with E-state index in [-0.39, 0.29) is 5.75 Å². The van der Waals surface area contributed by atoms with Gasteiger partial charge >= 0.3 is 0 Å². The third kappa shape index (κ3) is 3.14. The molecule has 0 fully saturated rings. The van der Waals surface area contributed by atoms with Gasteiger partial charge in [-0.05, 0) is 48.0 Å².